The Morgan fingerprint density at radius 3 is 2.38 bits per heavy atom. The molecule has 1 unspecified atom stereocenters. The highest BCUT2D eigenvalue weighted by molar-refractivity contribution is 5.76. The van der Waals surface area contributed by atoms with Crippen molar-refractivity contribution >= 4 is 17.9 Å². The number of rotatable bonds is 10. The Labute approximate surface area is 281 Å². The van der Waals surface area contributed by atoms with Gasteiger partial charge in [0.25, 0.3) is 0 Å². The second-order valence-corrected chi connectivity index (χ2v) is 17.2. The maximum atomic E-state index is 13.3. The lowest BCUT2D eigenvalue weighted by Crippen LogP contribution is -2.70. The molecule has 5 aliphatic rings. The van der Waals surface area contributed by atoms with E-state index in [9.17, 15) is 19.5 Å². The van der Waals surface area contributed by atoms with Crippen LogP contribution in [0.25, 0.3) is 0 Å². The van der Waals surface area contributed by atoms with Crippen molar-refractivity contribution in [1.29, 1.82) is 0 Å². The molecule has 4 fully saturated rings. The Bertz CT molecular complexity index is 1270. The minimum absolute atomic E-state index is 0.139. The fourth-order valence-electron chi connectivity index (χ4n) is 11.8. The Balaban J connectivity index is 1.54. The van der Waals surface area contributed by atoms with E-state index in [4.69, 9.17) is 25.7 Å². The molecule has 4 aliphatic carbocycles. The monoisotopic (exact) mass is 659 g/mol. The summed E-state index contributed by atoms with van der Waals surface area (Å²) in [5.74, 6) is -1.13. The Morgan fingerprint density at radius 1 is 1.06 bits per heavy atom. The highest BCUT2D eigenvalue weighted by atomic mass is 16.6. The van der Waals surface area contributed by atoms with Gasteiger partial charge >= 0.3 is 17.9 Å². The Kier molecular flexibility index (Phi) is 9.81. The zero-order valence-electron chi connectivity index (χ0n) is 30.0. The molecule has 0 spiro atoms. The standard InChI is InChI=1S/C37H61N3O7/c1-21(2)22(3)33(5)13-14-35(7)24-9-10-28-34(6)19-45-20-37(28,25(24)11-12-36(35,8)29(33)31(42)43)17-27(46-23(4)41)30(34)47-32(44)26(39)18-40-16-15-38/h11,21-22,24,26-30,40H,9-10,12-20,38-39H2,1-8H3,(H,42,43)/t22-,24+,26?,27-,28+,29-,30+,33-,34-,35-,36+,37+/m1/s1. The summed E-state index contributed by atoms with van der Waals surface area (Å²) in [6.45, 7) is 19.1. The van der Waals surface area contributed by atoms with Crippen molar-refractivity contribution in [2.45, 2.75) is 112 Å². The molecule has 3 saturated carbocycles. The topological polar surface area (TPSA) is 163 Å². The SMILES string of the molecule is CC(=O)O[C@@H]1C[C@@]23COC[C@](C)([C@@H]2CC[C@H]2C3=CC[C@@]3(C)[C@H](C(=O)O)[C@@](C)([C@H](C)C(C)C)CC[C@]23C)[C@H]1OC(=O)C(N)CNCCN. The first-order valence-corrected chi connectivity index (χ1v) is 18.0. The molecular formula is C37H61N3O7. The predicted molar refractivity (Wildman–Crippen MR) is 179 cm³/mol. The number of carbonyl (C=O) groups excluding carboxylic acids is 2. The molecule has 0 amide bonds. The number of carboxylic acid groups (broad SMARTS) is 1. The van der Waals surface area contributed by atoms with Gasteiger partial charge in [0.1, 0.15) is 18.2 Å². The third-order valence-corrected chi connectivity index (χ3v) is 14.6. The quantitative estimate of drug-likeness (QED) is 0.151. The minimum Gasteiger partial charge on any atom is -0.481 e. The van der Waals surface area contributed by atoms with Crippen LogP contribution >= 0.6 is 0 Å². The van der Waals surface area contributed by atoms with Gasteiger partial charge in [-0.25, -0.2) is 0 Å². The fraction of sp³-hybridized carbons (Fsp3) is 0.865. The largest absolute Gasteiger partial charge is 0.481 e. The zero-order valence-corrected chi connectivity index (χ0v) is 30.0. The van der Waals surface area contributed by atoms with Crippen LogP contribution in [0.3, 0.4) is 0 Å². The summed E-state index contributed by atoms with van der Waals surface area (Å²) in [5, 5.41) is 14.0. The number of carboxylic acids is 1. The Morgan fingerprint density at radius 2 is 1.77 bits per heavy atom. The van der Waals surface area contributed by atoms with Crippen LogP contribution in [-0.4, -0.2) is 74.1 Å². The average molecular weight is 660 g/mol. The summed E-state index contributed by atoms with van der Waals surface area (Å²) >= 11 is 0. The molecule has 266 valence electrons. The van der Waals surface area contributed by atoms with Gasteiger partial charge < -0.3 is 36.1 Å². The van der Waals surface area contributed by atoms with Crippen molar-refractivity contribution in [1.82, 2.24) is 5.32 Å². The van der Waals surface area contributed by atoms with Crippen LogP contribution in [0.2, 0.25) is 0 Å². The number of nitrogens with one attached hydrogen (secondary N) is 1. The molecular weight excluding hydrogens is 598 g/mol. The van der Waals surface area contributed by atoms with E-state index >= 15 is 0 Å². The zero-order chi connectivity index (χ0) is 34.7. The highest BCUT2D eigenvalue weighted by Gasteiger charge is 2.72. The van der Waals surface area contributed by atoms with Crippen LogP contribution in [0.5, 0.6) is 0 Å². The van der Waals surface area contributed by atoms with Crippen LogP contribution in [0.4, 0.5) is 0 Å². The predicted octanol–water partition coefficient (Wildman–Crippen LogP) is 4.29. The number of hydrogen-bond acceptors (Lipinski definition) is 9. The molecule has 5 rings (SSSR count). The van der Waals surface area contributed by atoms with Crippen LogP contribution in [0, 0.1) is 56.7 Å². The molecule has 0 radical (unpaired) electrons. The van der Waals surface area contributed by atoms with E-state index in [1.807, 2.05) is 0 Å². The van der Waals surface area contributed by atoms with Crippen LogP contribution in [-0.2, 0) is 28.6 Å². The number of ether oxygens (including phenoxy) is 3. The average Bonchev–Trinajstić information content (AvgIpc) is 2.98. The second kappa shape index (κ2) is 12.7. The highest BCUT2D eigenvalue weighted by Crippen LogP contribution is 2.75. The first-order chi connectivity index (χ1) is 21.9. The van der Waals surface area contributed by atoms with E-state index in [0.29, 0.717) is 45.1 Å². The van der Waals surface area contributed by atoms with Gasteiger partial charge in [-0.05, 0) is 78.4 Å². The molecule has 10 heteroatoms. The van der Waals surface area contributed by atoms with Gasteiger partial charge in [0.2, 0.25) is 0 Å². The molecule has 10 nitrogen and oxygen atoms in total. The molecule has 6 N–H and O–H groups in total. The van der Waals surface area contributed by atoms with Crippen molar-refractivity contribution < 1.29 is 33.7 Å². The summed E-state index contributed by atoms with van der Waals surface area (Å²) in [5.41, 5.74) is 11.2. The van der Waals surface area contributed by atoms with Gasteiger partial charge in [0, 0.05) is 37.4 Å². The molecule has 1 saturated heterocycles. The lowest BCUT2D eigenvalue weighted by Gasteiger charge is -2.71. The molecule has 2 bridgehead atoms. The van der Waals surface area contributed by atoms with Gasteiger partial charge in [-0.15, -0.1) is 0 Å². The van der Waals surface area contributed by atoms with Crippen molar-refractivity contribution in [3.63, 3.8) is 0 Å². The van der Waals surface area contributed by atoms with Gasteiger partial charge in [0.05, 0.1) is 19.1 Å². The lowest BCUT2D eigenvalue weighted by molar-refractivity contribution is -0.263. The molecule has 1 heterocycles. The molecule has 1 aliphatic heterocycles. The second-order valence-electron chi connectivity index (χ2n) is 17.2. The maximum Gasteiger partial charge on any atom is 0.324 e. The number of allylic oxidation sites excluding steroid dienone is 1. The van der Waals surface area contributed by atoms with Crippen LogP contribution < -0.4 is 16.8 Å². The number of nitrogens with two attached hydrogens (primary N) is 2. The van der Waals surface area contributed by atoms with E-state index in [2.05, 4.69) is 59.9 Å². The van der Waals surface area contributed by atoms with E-state index in [0.717, 1.165) is 25.7 Å². The number of aliphatic carboxylic acids is 1. The smallest absolute Gasteiger partial charge is 0.324 e. The van der Waals surface area contributed by atoms with Gasteiger partial charge in [-0.2, -0.15) is 0 Å². The number of esters is 2. The van der Waals surface area contributed by atoms with Crippen LogP contribution in [0.1, 0.15) is 93.9 Å². The van der Waals surface area contributed by atoms with Crippen molar-refractivity contribution in [2.24, 2.45) is 68.1 Å². The third-order valence-electron chi connectivity index (χ3n) is 14.6. The van der Waals surface area contributed by atoms with E-state index in [1.165, 1.54) is 12.5 Å². The van der Waals surface area contributed by atoms with Gasteiger partial charge in [-0.3, -0.25) is 14.4 Å². The summed E-state index contributed by atoms with van der Waals surface area (Å²) in [6, 6.07) is -0.883. The summed E-state index contributed by atoms with van der Waals surface area (Å²) < 4.78 is 18.7. The van der Waals surface area contributed by atoms with E-state index < -0.39 is 58.3 Å². The Hall–Kier alpha value is -2.01. The molecule has 0 aromatic rings. The molecule has 47 heavy (non-hydrogen) atoms. The third kappa shape index (κ3) is 5.48. The minimum atomic E-state index is -0.883. The van der Waals surface area contributed by atoms with Crippen LogP contribution in [0.15, 0.2) is 11.6 Å². The summed E-state index contributed by atoms with van der Waals surface area (Å²) in [6.07, 6.45) is 5.85. The van der Waals surface area contributed by atoms with E-state index in [1.54, 1.807) is 0 Å². The normalized spacial score (nSPS) is 43.8. The van der Waals surface area contributed by atoms with Crippen molar-refractivity contribution in [3.8, 4) is 0 Å². The number of carbonyl (C=O) groups is 3. The fourth-order valence-corrected chi connectivity index (χ4v) is 11.8. The lowest BCUT2D eigenvalue weighted by atomic mass is 9.34. The number of fused-ring (bicyclic) bond motifs is 3. The number of hydrogen-bond donors (Lipinski definition) is 4. The summed E-state index contributed by atoms with van der Waals surface area (Å²) in [7, 11) is 0. The maximum absolute atomic E-state index is 13.3. The summed E-state index contributed by atoms with van der Waals surface area (Å²) in [4.78, 5) is 39.2. The van der Waals surface area contributed by atoms with E-state index in [-0.39, 0.29) is 35.1 Å². The van der Waals surface area contributed by atoms with Gasteiger partial charge in [0.15, 0.2) is 0 Å². The van der Waals surface area contributed by atoms with Crippen molar-refractivity contribution in [2.75, 3.05) is 32.8 Å². The first-order valence-electron chi connectivity index (χ1n) is 18.0. The molecule has 0 aromatic heterocycles. The van der Waals surface area contributed by atoms with Gasteiger partial charge in [-0.1, -0.05) is 60.1 Å². The first kappa shape index (κ1) is 36.3. The van der Waals surface area contributed by atoms with Crippen molar-refractivity contribution in [3.05, 3.63) is 11.6 Å². The molecule has 12 atom stereocenters. The molecule has 0 aromatic carbocycles.